The third-order valence-corrected chi connectivity index (χ3v) is 6.15. The van der Waals surface area contributed by atoms with Gasteiger partial charge in [-0.15, -0.1) is 0 Å². The van der Waals surface area contributed by atoms with Crippen LogP contribution in [0.4, 0.5) is 0 Å². The molecule has 0 aliphatic carbocycles. The van der Waals surface area contributed by atoms with E-state index in [0.717, 1.165) is 0 Å². The van der Waals surface area contributed by atoms with Crippen molar-refractivity contribution in [3.05, 3.63) is 131 Å². The standard InChI is InChI=1S/4C9H13N.2CNS.Cd/c2*1-9(2,3)8-4-6-10-7-5-8;2*1-9(2,3)8-5-4-6-10-7-8;2*2-1-3;/h4*4-7H,1-3H3;;;/q;;;;2*-1;+2. The molecule has 47 heavy (non-hydrogen) atoms. The van der Waals surface area contributed by atoms with Gasteiger partial charge < -0.3 is 10.8 Å². The van der Waals surface area contributed by atoms with E-state index >= 15 is 0 Å². The molecule has 0 saturated heterocycles. The summed E-state index contributed by atoms with van der Waals surface area (Å²) in [5.74, 6) is 0. The van der Waals surface area contributed by atoms with Gasteiger partial charge in [0, 0.05) is 49.6 Å². The van der Waals surface area contributed by atoms with Gasteiger partial charge in [0.25, 0.3) is 0 Å². The Balaban J connectivity index is -0.000000516. The van der Waals surface area contributed by atoms with Crippen LogP contribution in [0.3, 0.4) is 0 Å². The molecule has 248 valence electrons. The molecule has 0 saturated carbocycles. The van der Waals surface area contributed by atoms with E-state index in [1.807, 2.05) is 49.3 Å². The van der Waals surface area contributed by atoms with E-state index in [0.29, 0.717) is 0 Å². The molecule has 6 nitrogen and oxygen atoms in total. The van der Waals surface area contributed by atoms with Crippen LogP contribution in [0.2, 0.25) is 0 Å². The molecule has 0 aliphatic heterocycles. The van der Waals surface area contributed by atoms with Crippen LogP contribution in [0.5, 0.6) is 0 Å². The number of hydrogen-bond donors (Lipinski definition) is 0. The largest absolute Gasteiger partial charge is 2.00 e. The van der Waals surface area contributed by atoms with E-state index in [1.165, 1.54) is 32.6 Å². The fourth-order valence-corrected chi connectivity index (χ4v) is 3.32. The van der Waals surface area contributed by atoms with E-state index in [-0.39, 0.29) is 49.0 Å². The maximum atomic E-state index is 7.13. The second-order valence-electron chi connectivity index (χ2n) is 14.1. The van der Waals surface area contributed by atoms with Crippen molar-refractivity contribution in [1.82, 2.24) is 19.9 Å². The van der Waals surface area contributed by atoms with Crippen molar-refractivity contribution < 1.29 is 27.3 Å². The van der Waals surface area contributed by atoms with Gasteiger partial charge in [-0.05, 0) is 80.3 Å². The van der Waals surface area contributed by atoms with Gasteiger partial charge in [-0.3, -0.25) is 19.9 Å². The third-order valence-electron chi connectivity index (χ3n) is 6.15. The second kappa shape index (κ2) is 25.2. The molecule has 4 rings (SSSR count). The molecule has 0 fully saturated rings. The third kappa shape index (κ3) is 25.8. The van der Waals surface area contributed by atoms with Gasteiger partial charge in [0.05, 0.1) is 0 Å². The Kier molecular flexibility index (Phi) is 26.0. The van der Waals surface area contributed by atoms with Gasteiger partial charge in [-0.2, -0.15) is 10.3 Å². The van der Waals surface area contributed by atoms with Gasteiger partial charge in [-0.25, -0.2) is 0 Å². The molecule has 0 spiro atoms. The minimum absolute atomic E-state index is 0. The summed E-state index contributed by atoms with van der Waals surface area (Å²) in [5, 5.41) is 16.9. The number of nitrogens with zero attached hydrogens (tertiary/aromatic N) is 6. The van der Waals surface area contributed by atoms with Crippen LogP contribution in [0.25, 0.3) is 10.8 Å². The average Bonchev–Trinajstić information content (AvgIpc) is 2.99. The van der Waals surface area contributed by atoms with Crippen LogP contribution in [0, 0.1) is 0 Å². The van der Waals surface area contributed by atoms with E-state index in [2.05, 4.69) is 164 Å². The first-order valence-electron chi connectivity index (χ1n) is 14.9. The molecule has 0 aromatic carbocycles. The van der Waals surface area contributed by atoms with Crippen LogP contribution in [0.1, 0.15) is 105 Å². The number of rotatable bonds is 0. The van der Waals surface area contributed by atoms with Crippen molar-refractivity contribution in [3.63, 3.8) is 0 Å². The molecular weight excluding hydrogens is 717 g/mol. The molecular formula is C38H52CdN6S2. The molecule has 0 N–H and O–H groups in total. The maximum absolute atomic E-state index is 7.13. The number of isothiocyanates is 2. The summed E-state index contributed by atoms with van der Waals surface area (Å²) >= 11 is 7.40. The zero-order chi connectivity index (χ0) is 35.9. The van der Waals surface area contributed by atoms with Crippen LogP contribution < -0.4 is 0 Å². The van der Waals surface area contributed by atoms with Gasteiger partial charge in [0.15, 0.2) is 0 Å². The SMILES string of the molecule is CC(C)(C)c1cccnc1.CC(C)(C)c1cccnc1.CC(C)(C)c1ccncc1.CC(C)(C)c1ccncc1.[Cd+2].[N-]=C=S.[N-]=C=S. The minimum atomic E-state index is 0. The predicted octanol–water partition coefficient (Wildman–Crippen LogP) is 10.8. The van der Waals surface area contributed by atoms with Gasteiger partial charge in [-0.1, -0.05) is 120 Å². The Hall–Kier alpha value is -2.88. The molecule has 0 amide bonds. The van der Waals surface area contributed by atoms with Crippen LogP contribution in [-0.4, -0.2) is 30.3 Å². The zero-order valence-corrected chi connectivity index (χ0v) is 36.1. The summed E-state index contributed by atoms with van der Waals surface area (Å²) < 4.78 is 0. The minimum Gasteiger partial charge on any atom is -0.753 e. The van der Waals surface area contributed by atoms with Gasteiger partial charge in [0.2, 0.25) is 0 Å². The normalized spacial score (nSPS) is 10.1. The molecule has 4 aromatic rings. The number of thiocarbonyl (C=S) groups is 2. The molecule has 9 heteroatoms. The molecule has 4 aromatic heterocycles. The summed E-state index contributed by atoms with van der Waals surface area (Å²) in [4.78, 5) is 16.0. The van der Waals surface area contributed by atoms with Crippen molar-refractivity contribution in [2.45, 2.75) is 105 Å². The summed E-state index contributed by atoms with van der Waals surface area (Å²) in [5.41, 5.74) is 6.21. The molecule has 0 unspecified atom stereocenters. The quantitative estimate of drug-likeness (QED) is 0.100. The van der Waals surface area contributed by atoms with Crippen molar-refractivity contribution in [1.29, 1.82) is 0 Å². The second-order valence-corrected chi connectivity index (χ2v) is 14.5. The van der Waals surface area contributed by atoms with Gasteiger partial charge >= 0.3 is 27.3 Å². The fraction of sp³-hybridized carbons (Fsp3) is 0.421. The van der Waals surface area contributed by atoms with Gasteiger partial charge in [0.1, 0.15) is 0 Å². The summed E-state index contributed by atoms with van der Waals surface area (Å²) in [6.07, 6.45) is 14.8. The first-order valence-corrected chi connectivity index (χ1v) is 15.7. The molecule has 0 radical (unpaired) electrons. The van der Waals surface area contributed by atoms with Crippen LogP contribution >= 0.6 is 24.4 Å². The Labute approximate surface area is 315 Å². The van der Waals surface area contributed by atoms with Crippen molar-refractivity contribution in [2.75, 3.05) is 0 Å². The van der Waals surface area contributed by atoms with E-state index in [4.69, 9.17) is 10.8 Å². The number of aromatic nitrogens is 4. The topological polar surface area (TPSA) is 96.2 Å². The summed E-state index contributed by atoms with van der Waals surface area (Å²) in [6.45, 7) is 26.3. The predicted molar refractivity (Wildman–Crippen MR) is 204 cm³/mol. The summed E-state index contributed by atoms with van der Waals surface area (Å²) in [7, 11) is 0. The Morgan fingerprint density at radius 2 is 0.660 bits per heavy atom. The molecule has 0 atom stereocenters. The number of pyridine rings is 4. The zero-order valence-electron chi connectivity index (χ0n) is 30.4. The molecule has 4 heterocycles. The average molecular weight is 769 g/mol. The van der Waals surface area contributed by atoms with Crippen LogP contribution in [0.15, 0.2) is 98.1 Å². The number of hydrogen-bond acceptors (Lipinski definition) is 6. The summed E-state index contributed by atoms with van der Waals surface area (Å²) in [6, 6.07) is 16.4. The van der Waals surface area contributed by atoms with Crippen molar-refractivity contribution in [2.24, 2.45) is 0 Å². The molecule has 0 aliphatic rings. The van der Waals surface area contributed by atoms with Crippen molar-refractivity contribution in [3.8, 4) is 0 Å². The van der Waals surface area contributed by atoms with Crippen LogP contribution in [-0.2, 0) is 49.0 Å². The van der Waals surface area contributed by atoms with E-state index in [9.17, 15) is 0 Å². The van der Waals surface area contributed by atoms with E-state index in [1.54, 1.807) is 12.4 Å². The first-order chi connectivity index (χ1) is 21.2. The Morgan fingerprint density at radius 1 is 0.426 bits per heavy atom. The maximum Gasteiger partial charge on any atom is 2.00 e. The fourth-order valence-electron chi connectivity index (χ4n) is 3.32. The Morgan fingerprint density at radius 3 is 0.787 bits per heavy atom. The smallest absolute Gasteiger partial charge is 0.753 e. The first kappa shape index (κ1) is 48.5. The van der Waals surface area contributed by atoms with Crippen molar-refractivity contribution >= 4 is 34.8 Å². The monoisotopic (exact) mass is 770 g/mol. The Bertz CT molecular complexity index is 1170. The molecule has 0 bridgehead atoms. The van der Waals surface area contributed by atoms with E-state index < -0.39 is 0 Å².